The van der Waals surface area contributed by atoms with Crippen LogP contribution in [0.25, 0.3) is 0 Å². The minimum atomic E-state index is -0.717. The first kappa shape index (κ1) is 11.7. The van der Waals surface area contributed by atoms with Gasteiger partial charge in [-0.2, -0.15) is 5.10 Å². The Morgan fingerprint density at radius 3 is 2.67 bits per heavy atom. The zero-order chi connectivity index (χ0) is 11.6. The van der Waals surface area contributed by atoms with Gasteiger partial charge in [0.15, 0.2) is 0 Å². The van der Waals surface area contributed by atoms with Gasteiger partial charge in [-0.05, 0) is 13.0 Å². The molecule has 0 aliphatic rings. The van der Waals surface area contributed by atoms with Crippen molar-refractivity contribution in [2.75, 3.05) is 7.11 Å². The summed E-state index contributed by atoms with van der Waals surface area (Å²) >= 11 is 0. The number of aromatic nitrogens is 2. The Labute approximate surface area is 89.0 Å². The number of nitrogens with one attached hydrogen (secondary N) is 1. The van der Waals surface area contributed by atoms with E-state index in [1.54, 1.807) is 0 Å². The summed E-state index contributed by atoms with van der Waals surface area (Å²) in [5, 5.41) is 6.94. The zero-order valence-electron chi connectivity index (χ0n) is 9.50. The first-order valence-electron chi connectivity index (χ1n) is 4.75. The number of H-pyrrole nitrogens is 1. The molecule has 0 saturated carbocycles. The Morgan fingerprint density at radius 1 is 1.67 bits per heavy atom. The predicted molar refractivity (Wildman–Crippen MR) is 56.3 cm³/mol. The van der Waals surface area contributed by atoms with Crippen molar-refractivity contribution in [2.45, 2.75) is 32.2 Å². The highest BCUT2D eigenvalue weighted by atomic mass is 16.5. The number of nitrogens with two attached hydrogens (primary N) is 1. The normalized spacial score (nSPS) is 13.7. The molecule has 1 aromatic rings. The third-order valence-electron chi connectivity index (χ3n) is 2.60. The molecule has 0 spiro atoms. The lowest BCUT2D eigenvalue weighted by Crippen LogP contribution is -2.47. The number of carbonyl (C=O) groups is 1. The average molecular weight is 211 g/mol. The van der Waals surface area contributed by atoms with Crippen molar-refractivity contribution in [2.24, 2.45) is 5.73 Å². The third kappa shape index (κ3) is 2.18. The third-order valence-corrected chi connectivity index (χ3v) is 2.60. The van der Waals surface area contributed by atoms with Gasteiger partial charge in [-0.3, -0.25) is 9.89 Å². The number of nitrogens with zero attached hydrogens (tertiary/aromatic N) is 1. The fraction of sp³-hybridized carbons (Fsp3) is 0.600. The Bertz CT molecular complexity index is 357. The fourth-order valence-corrected chi connectivity index (χ4v) is 1.33. The van der Waals surface area contributed by atoms with Crippen molar-refractivity contribution in [1.29, 1.82) is 0 Å². The van der Waals surface area contributed by atoms with E-state index >= 15 is 0 Å². The molecule has 0 aliphatic carbocycles. The molecule has 5 heteroatoms. The Kier molecular flexibility index (Phi) is 3.14. The van der Waals surface area contributed by atoms with Crippen LogP contribution in [0.5, 0.6) is 0 Å². The van der Waals surface area contributed by atoms with Crippen molar-refractivity contribution in [1.82, 2.24) is 10.2 Å². The van der Waals surface area contributed by atoms with Gasteiger partial charge in [0.1, 0.15) is 6.04 Å². The summed E-state index contributed by atoms with van der Waals surface area (Å²) in [6, 6.07) is 1.16. The molecule has 0 saturated heterocycles. The second-order valence-corrected chi connectivity index (χ2v) is 4.16. The van der Waals surface area contributed by atoms with Gasteiger partial charge in [-0.25, -0.2) is 0 Å². The number of methoxy groups -OCH3 is 1. The standard InChI is InChI=1S/C10H17N3O2/c1-6-5-7(13-12-6)10(2,3)8(11)9(14)15-4/h5,8H,11H2,1-4H3,(H,12,13). The van der Waals surface area contributed by atoms with Gasteiger partial charge in [0.25, 0.3) is 0 Å². The summed E-state index contributed by atoms with van der Waals surface area (Å²) in [5.41, 5.74) is 6.98. The number of aryl methyl sites for hydroxylation is 1. The van der Waals surface area contributed by atoms with Crippen molar-refractivity contribution in [3.8, 4) is 0 Å². The SMILES string of the molecule is COC(=O)C(N)C(C)(C)c1cc(C)[nH]n1. The molecule has 0 bridgehead atoms. The highest BCUT2D eigenvalue weighted by Crippen LogP contribution is 2.25. The van der Waals surface area contributed by atoms with Crippen LogP contribution in [-0.4, -0.2) is 29.3 Å². The van der Waals surface area contributed by atoms with Crippen LogP contribution in [0.2, 0.25) is 0 Å². The minimum Gasteiger partial charge on any atom is -0.468 e. The van der Waals surface area contributed by atoms with E-state index in [4.69, 9.17) is 5.73 Å². The summed E-state index contributed by atoms with van der Waals surface area (Å²) in [5.74, 6) is -0.430. The highest BCUT2D eigenvalue weighted by molar-refractivity contribution is 5.77. The van der Waals surface area contributed by atoms with E-state index in [0.29, 0.717) is 0 Å². The maximum Gasteiger partial charge on any atom is 0.323 e. The van der Waals surface area contributed by atoms with Crippen LogP contribution in [-0.2, 0) is 14.9 Å². The second-order valence-electron chi connectivity index (χ2n) is 4.16. The van der Waals surface area contributed by atoms with Crippen molar-refractivity contribution in [3.63, 3.8) is 0 Å². The monoisotopic (exact) mass is 211 g/mol. The van der Waals surface area contributed by atoms with Gasteiger partial charge in [-0.1, -0.05) is 13.8 Å². The molecule has 15 heavy (non-hydrogen) atoms. The second kappa shape index (κ2) is 4.02. The van der Waals surface area contributed by atoms with Gasteiger partial charge in [0, 0.05) is 11.1 Å². The molecule has 5 nitrogen and oxygen atoms in total. The van der Waals surface area contributed by atoms with Gasteiger partial charge in [0.05, 0.1) is 12.8 Å². The molecule has 0 radical (unpaired) electrons. The Morgan fingerprint density at radius 2 is 2.27 bits per heavy atom. The molecule has 0 aromatic carbocycles. The molecule has 1 atom stereocenters. The number of hydrogen-bond donors (Lipinski definition) is 2. The fourth-order valence-electron chi connectivity index (χ4n) is 1.33. The zero-order valence-corrected chi connectivity index (χ0v) is 9.50. The predicted octanol–water partition coefficient (Wildman–Crippen LogP) is 0.496. The van der Waals surface area contributed by atoms with E-state index in [0.717, 1.165) is 11.4 Å². The maximum atomic E-state index is 11.4. The maximum absolute atomic E-state index is 11.4. The van der Waals surface area contributed by atoms with Gasteiger partial charge >= 0.3 is 5.97 Å². The average Bonchev–Trinajstić information content (AvgIpc) is 2.63. The van der Waals surface area contributed by atoms with Gasteiger partial charge in [0.2, 0.25) is 0 Å². The molecule has 0 fully saturated rings. The largest absolute Gasteiger partial charge is 0.468 e. The number of ether oxygens (including phenoxy) is 1. The molecule has 0 aliphatic heterocycles. The highest BCUT2D eigenvalue weighted by Gasteiger charge is 2.36. The van der Waals surface area contributed by atoms with Crippen LogP contribution in [0.15, 0.2) is 6.07 Å². The lowest BCUT2D eigenvalue weighted by Gasteiger charge is -2.27. The Hall–Kier alpha value is -1.36. The number of hydrogen-bond acceptors (Lipinski definition) is 4. The quantitative estimate of drug-likeness (QED) is 0.713. The summed E-state index contributed by atoms with van der Waals surface area (Å²) in [6.07, 6.45) is 0. The van der Waals surface area contributed by atoms with Crippen LogP contribution in [0.4, 0.5) is 0 Å². The van der Waals surface area contributed by atoms with E-state index in [1.165, 1.54) is 7.11 Å². The van der Waals surface area contributed by atoms with Crippen molar-refractivity contribution < 1.29 is 9.53 Å². The van der Waals surface area contributed by atoms with E-state index < -0.39 is 17.4 Å². The smallest absolute Gasteiger partial charge is 0.323 e. The van der Waals surface area contributed by atoms with Crippen LogP contribution in [0.1, 0.15) is 25.2 Å². The number of rotatable bonds is 3. The number of carbonyl (C=O) groups excluding carboxylic acids is 1. The van der Waals surface area contributed by atoms with Crippen LogP contribution >= 0.6 is 0 Å². The van der Waals surface area contributed by atoms with Crippen LogP contribution < -0.4 is 5.73 Å². The van der Waals surface area contributed by atoms with Gasteiger partial charge < -0.3 is 10.5 Å². The summed E-state index contributed by atoms with van der Waals surface area (Å²) in [6.45, 7) is 5.63. The van der Waals surface area contributed by atoms with E-state index in [1.807, 2.05) is 26.8 Å². The molecule has 1 unspecified atom stereocenters. The van der Waals surface area contributed by atoms with Crippen molar-refractivity contribution >= 4 is 5.97 Å². The summed E-state index contributed by atoms with van der Waals surface area (Å²) < 4.78 is 4.62. The first-order chi connectivity index (χ1) is 6.89. The molecular formula is C10H17N3O2. The number of esters is 1. The topological polar surface area (TPSA) is 81.0 Å². The van der Waals surface area contributed by atoms with E-state index in [9.17, 15) is 4.79 Å². The lowest BCUT2D eigenvalue weighted by atomic mass is 9.81. The molecule has 3 N–H and O–H groups in total. The first-order valence-corrected chi connectivity index (χ1v) is 4.75. The van der Waals surface area contributed by atoms with Crippen molar-refractivity contribution in [3.05, 3.63) is 17.5 Å². The molecule has 1 aromatic heterocycles. The van der Waals surface area contributed by atoms with Gasteiger partial charge in [-0.15, -0.1) is 0 Å². The number of aromatic amines is 1. The molecule has 0 amide bonds. The minimum absolute atomic E-state index is 0.430. The molecule has 1 rings (SSSR count). The Balaban J connectivity index is 2.96. The van der Waals surface area contributed by atoms with Crippen LogP contribution in [0.3, 0.4) is 0 Å². The lowest BCUT2D eigenvalue weighted by molar-refractivity contribution is -0.143. The van der Waals surface area contributed by atoms with E-state index in [2.05, 4.69) is 14.9 Å². The van der Waals surface area contributed by atoms with Crippen LogP contribution in [0, 0.1) is 6.92 Å². The summed E-state index contributed by atoms with van der Waals surface area (Å²) in [4.78, 5) is 11.4. The molecule has 84 valence electrons. The van der Waals surface area contributed by atoms with E-state index in [-0.39, 0.29) is 0 Å². The molecule has 1 heterocycles. The summed E-state index contributed by atoms with van der Waals surface area (Å²) in [7, 11) is 1.33. The molecular weight excluding hydrogens is 194 g/mol.